The first kappa shape index (κ1) is 28.6. The number of benzene rings is 3. The number of phenols is 1. The molecule has 3 fully saturated rings. The molecule has 1 N–H and O–H groups in total. The second-order valence-electron chi connectivity index (χ2n) is 11.5. The number of halogens is 3. The molecule has 7 rings (SSSR count). The maximum Gasteiger partial charge on any atom is 0.258 e. The maximum absolute atomic E-state index is 14.4. The van der Waals surface area contributed by atoms with Gasteiger partial charge >= 0.3 is 0 Å². The van der Waals surface area contributed by atoms with Gasteiger partial charge in [0.05, 0.1) is 30.3 Å². The zero-order chi connectivity index (χ0) is 31.1. The quantitative estimate of drug-likeness (QED) is 0.237. The average molecular weight is 635 g/mol. The number of rotatable bonds is 4. The molecule has 8 nitrogen and oxygen atoms in total. The predicted octanol–water partition coefficient (Wildman–Crippen LogP) is 5.31. The number of amides is 4. The molecule has 0 aromatic heterocycles. The minimum Gasteiger partial charge on any atom is -0.504 e. The van der Waals surface area contributed by atoms with Gasteiger partial charge in [-0.25, -0.2) is 9.29 Å². The molecular formula is C33H25Cl2FN2O6. The van der Waals surface area contributed by atoms with Crippen LogP contribution >= 0.6 is 23.2 Å². The number of aromatic hydroxyl groups is 1. The summed E-state index contributed by atoms with van der Waals surface area (Å²) in [5.74, 6) is -6.31. The highest BCUT2D eigenvalue weighted by molar-refractivity contribution is 6.58. The molecule has 2 saturated heterocycles. The number of fused-ring (bicyclic) bond motifs is 4. The monoisotopic (exact) mass is 634 g/mol. The Morgan fingerprint density at radius 2 is 1.55 bits per heavy atom. The van der Waals surface area contributed by atoms with Gasteiger partial charge in [-0.15, -0.1) is 23.2 Å². The Morgan fingerprint density at radius 3 is 2.23 bits per heavy atom. The molecule has 3 aromatic rings. The molecular weight excluding hydrogens is 610 g/mol. The molecule has 11 heteroatoms. The number of alkyl halides is 2. The topological polar surface area (TPSA) is 104 Å². The maximum atomic E-state index is 14.4. The molecule has 4 aliphatic rings. The summed E-state index contributed by atoms with van der Waals surface area (Å²) in [5.41, 5.74) is 1.56. The van der Waals surface area contributed by atoms with Gasteiger partial charge in [-0.3, -0.25) is 24.1 Å². The number of imide groups is 2. The van der Waals surface area contributed by atoms with Gasteiger partial charge in [0, 0.05) is 5.92 Å². The number of hydrogen-bond acceptors (Lipinski definition) is 6. The number of anilines is 2. The van der Waals surface area contributed by atoms with Crippen molar-refractivity contribution in [3.05, 3.63) is 95.8 Å². The van der Waals surface area contributed by atoms with E-state index in [-0.39, 0.29) is 35.9 Å². The van der Waals surface area contributed by atoms with E-state index in [0.29, 0.717) is 16.8 Å². The van der Waals surface area contributed by atoms with Crippen LogP contribution in [0.25, 0.3) is 0 Å². The zero-order valence-electron chi connectivity index (χ0n) is 23.2. The van der Waals surface area contributed by atoms with Crippen LogP contribution in [-0.2, 0) is 19.2 Å². The summed E-state index contributed by atoms with van der Waals surface area (Å²) in [5, 5.41) is 10.4. The number of carbonyl (C=O) groups is 4. The highest BCUT2D eigenvalue weighted by atomic mass is 35.5. The number of phenolic OH excluding ortho intramolecular Hbond substituents is 1. The molecule has 2 aliphatic heterocycles. The lowest BCUT2D eigenvalue weighted by atomic mass is 9.56. The molecule has 6 unspecified atom stereocenters. The number of carbonyl (C=O) groups excluding carboxylic acids is 4. The van der Waals surface area contributed by atoms with E-state index in [1.165, 1.54) is 36.3 Å². The number of nitrogens with zero attached hydrogens (tertiary/aromatic N) is 2. The Hall–Kier alpha value is -4.21. The molecule has 224 valence electrons. The fourth-order valence-corrected chi connectivity index (χ4v) is 8.41. The summed E-state index contributed by atoms with van der Waals surface area (Å²) < 4.78 is 19.2. The van der Waals surface area contributed by atoms with Gasteiger partial charge in [0.25, 0.3) is 11.8 Å². The lowest BCUT2D eigenvalue weighted by Crippen LogP contribution is -2.60. The lowest BCUT2D eigenvalue weighted by molar-refractivity contribution is -0.125. The van der Waals surface area contributed by atoms with E-state index in [1.54, 1.807) is 36.4 Å². The first-order valence-corrected chi connectivity index (χ1v) is 14.8. The van der Waals surface area contributed by atoms with Gasteiger partial charge in [0.2, 0.25) is 11.8 Å². The molecule has 1 saturated carbocycles. The summed E-state index contributed by atoms with van der Waals surface area (Å²) >= 11 is 14.7. The van der Waals surface area contributed by atoms with Crippen molar-refractivity contribution in [2.45, 2.75) is 28.5 Å². The van der Waals surface area contributed by atoms with E-state index in [0.717, 1.165) is 17.0 Å². The number of para-hydroxylation sites is 1. The second kappa shape index (κ2) is 9.90. The Balaban J connectivity index is 1.41. The Labute approximate surface area is 261 Å². The van der Waals surface area contributed by atoms with Crippen LogP contribution < -0.4 is 14.5 Å². The summed E-state index contributed by atoms with van der Waals surface area (Å²) in [4.78, 5) is 54.3. The fraction of sp³-hybridized carbons (Fsp3) is 0.273. The summed E-state index contributed by atoms with van der Waals surface area (Å²) in [6, 6.07) is 17.9. The van der Waals surface area contributed by atoms with Gasteiger partial charge in [-0.05, 0) is 72.9 Å². The standard InChI is InChI=1S/C33H25Cl2FN2O6/c1-44-25-15-17(7-14-24(25)39)27-21-12-13-22-26(29(41)37(28(22)40)19-5-3-2-4-6-19)23(21)16-32(34)30(42)38(31(43)33(27,32)35)20-10-8-18(36)9-11-20/h2-12,14-15,22-23,26-27,39H,13,16H2,1H3. The molecule has 6 atom stereocenters. The van der Waals surface area contributed by atoms with Gasteiger partial charge in [0.15, 0.2) is 21.2 Å². The van der Waals surface area contributed by atoms with Crippen molar-refractivity contribution in [3.8, 4) is 11.5 Å². The van der Waals surface area contributed by atoms with Crippen molar-refractivity contribution in [1.82, 2.24) is 0 Å². The lowest BCUT2D eigenvalue weighted by Gasteiger charge is -2.50. The van der Waals surface area contributed by atoms with Gasteiger partial charge in [-0.2, -0.15) is 0 Å². The molecule has 2 aliphatic carbocycles. The molecule has 0 radical (unpaired) electrons. The number of hydrogen-bond donors (Lipinski definition) is 1. The minimum absolute atomic E-state index is 0.0927. The van der Waals surface area contributed by atoms with Crippen molar-refractivity contribution in [2.24, 2.45) is 17.8 Å². The van der Waals surface area contributed by atoms with Crippen LogP contribution in [0.15, 0.2) is 84.4 Å². The van der Waals surface area contributed by atoms with Crippen molar-refractivity contribution >= 4 is 58.2 Å². The second-order valence-corrected chi connectivity index (χ2v) is 12.8. The third-order valence-electron chi connectivity index (χ3n) is 9.45. The highest BCUT2D eigenvalue weighted by Crippen LogP contribution is 2.66. The zero-order valence-corrected chi connectivity index (χ0v) is 24.8. The van der Waals surface area contributed by atoms with E-state index >= 15 is 0 Å². The van der Waals surface area contributed by atoms with Crippen LogP contribution in [-0.4, -0.2) is 45.6 Å². The number of allylic oxidation sites excluding steroid dienone is 2. The third kappa shape index (κ3) is 3.69. The summed E-state index contributed by atoms with van der Waals surface area (Å²) in [6.07, 6.45) is 1.84. The first-order chi connectivity index (χ1) is 21.0. The number of methoxy groups -OCH3 is 1. The largest absolute Gasteiger partial charge is 0.504 e. The Kier molecular flexibility index (Phi) is 6.43. The SMILES string of the molecule is COc1cc(C2C3=CCC4C(=O)N(c5ccccc5)C(=O)C4C3CC3(Cl)C(=O)N(c4ccc(F)cc4)C(=O)C23Cl)ccc1O. The van der Waals surface area contributed by atoms with Crippen LogP contribution in [0.4, 0.5) is 15.8 Å². The summed E-state index contributed by atoms with van der Waals surface area (Å²) in [7, 11) is 1.37. The molecule has 0 bridgehead atoms. The molecule has 4 amide bonds. The van der Waals surface area contributed by atoms with Crippen LogP contribution in [0.5, 0.6) is 11.5 Å². The third-order valence-corrected chi connectivity index (χ3v) is 10.9. The minimum atomic E-state index is -2.08. The highest BCUT2D eigenvalue weighted by Gasteiger charge is 2.76. The molecule has 2 heterocycles. The molecule has 0 spiro atoms. The van der Waals surface area contributed by atoms with E-state index in [4.69, 9.17) is 27.9 Å². The van der Waals surface area contributed by atoms with E-state index in [1.807, 2.05) is 6.08 Å². The van der Waals surface area contributed by atoms with E-state index in [2.05, 4.69) is 0 Å². The predicted molar refractivity (Wildman–Crippen MR) is 160 cm³/mol. The van der Waals surface area contributed by atoms with Crippen LogP contribution in [0.3, 0.4) is 0 Å². The molecule has 3 aromatic carbocycles. The van der Waals surface area contributed by atoms with Crippen LogP contribution in [0, 0.1) is 23.6 Å². The smallest absolute Gasteiger partial charge is 0.258 e. The van der Waals surface area contributed by atoms with E-state index in [9.17, 15) is 28.7 Å². The van der Waals surface area contributed by atoms with Gasteiger partial charge in [-0.1, -0.05) is 35.9 Å². The Bertz CT molecular complexity index is 1780. The Morgan fingerprint density at radius 1 is 0.864 bits per heavy atom. The average Bonchev–Trinajstić information content (AvgIpc) is 3.36. The van der Waals surface area contributed by atoms with Crippen molar-refractivity contribution in [2.75, 3.05) is 16.9 Å². The number of ether oxygens (including phenoxy) is 1. The van der Waals surface area contributed by atoms with E-state index < -0.39 is 57.0 Å². The fourth-order valence-electron chi connectivity index (χ4n) is 7.48. The van der Waals surface area contributed by atoms with Gasteiger partial charge < -0.3 is 9.84 Å². The van der Waals surface area contributed by atoms with Gasteiger partial charge in [0.1, 0.15) is 5.82 Å². The van der Waals surface area contributed by atoms with Crippen molar-refractivity contribution in [3.63, 3.8) is 0 Å². The van der Waals surface area contributed by atoms with Crippen LogP contribution in [0.2, 0.25) is 0 Å². The summed E-state index contributed by atoms with van der Waals surface area (Å²) in [6.45, 7) is 0. The van der Waals surface area contributed by atoms with Crippen molar-refractivity contribution < 1.29 is 33.4 Å². The van der Waals surface area contributed by atoms with Crippen LogP contribution in [0.1, 0.15) is 24.3 Å². The normalized spacial score (nSPS) is 31.0. The first-order valence-electron chi connectivity index (χ1n) is 14.0. The molecule has 44 heavy (non-hydrogen) atoms. The van der Waals surface area contributed by atoms with Crippen molar-refractivity contribution in [1.29, 1.82) is 0 Å².